The fourth-order valence-electron chi connectivity index (χ4n) is 3.48. The maximum absolute atomic E-state index is 13.5. The molecule has 158 valence electrons. The number of halogens is 2. The Morgan fingerprint density at radius 2 is 1.90 bits per heavy atom. The van der Waals surface area contributed by atoms with Crippen molar-refractivity contribution in [1.29, 1.82) is 0 Å². The fourth-order valence-corrected chi connectivity index (χ4v) is 3.80. The van der Waals surface area contributed by atoms with Crippen molar-refractivity contribution in [2.24, 2.45) is 0 Å². The quantitative estimate of drug-likeness (QED) is 0.465. The van der Waals surface area contributed by atoms with E-state index in [0.717, 1.165) is 18.4 Å². The summed E-state index contributed by atoms with van der Waals surface area (Å²) in [6.45, 7) is 6.47. The molecule has 1 amide bonds. The Labute approximate surface area is 186 Å². The van der Waals surface area contributed by atoms with Crippen LogP contribution in [0.3, 0.4) is 0 Å². The van der Waals surface area contributed by atoms with Crippen molar-refractivity contribution in [2.45, 2.75) is 39.7 Å². The Morgan fingerprint density at radius 1 is 1.20 bits per heavy atom. The summed E-state index contributed by atoms with van der Waals surface area (Å²) in [4.78, 5) is 32.5. The third-order valence-electron chi connectivity index (χ3n) is 5.18. The van der Waals surface area contributed by atoms with E-state index in [4.69, 9.17) is 28.2 Å². The van der Waals surface area contributed by atoms with Gasteiger partial charge in [-0.05, 0) is 50.6 Å². The second kappa shape index (κ2) is 9.63. The number of hydrogen-bond donors (Lipinski definition) is 0. The third-order valence-corrected chi connectivity index (χ3v) is 5.64. The van der Waals surface area contributed by atoms with Crippen LogP contribution in [0.4, 0.5) is 0 Å². The summed E-state index contributed by atoms with van der Waals surface area (Å²) in [6, 6.07) is 12.3. The molecule has 3 aromatic rings. The molecule has 0 bridgehead atoms. The maximum atomic E-state index is 13.5. The Balaban J connectivity index is 2.27. The number of fused-ring (bicyclic) bond motifs is 1. The zero-order valence-electron chi connectivity index (χ0n) is 17.4. The number of amides is 1. The highest BCUT2D eigenvalue weighted by Crippen LogP contribution is 2.25. The average Bonchev–Trinajstić information content (AvgIpc) is 2.74. The molecule has 0 N–H and O–H groups in total. The van der Waals surface area contributed by atoms with Crippen molar-refractivity contribution in [3.63, 3.8) is 0 Å². The number of carbonyl (C=O) groups excluding carboxylic acids is 1. The highest BCUT2D eigenvalue weighted by atomic mass is 35.5. The van der Waals surface area contributed by atoms with Crippen LogP contribution in [0, 0.1) is 6.92 Å². The number of unbranched alkanes of at least 4 members (excludes halogenated alkanes) is 1. The Kier molecular flexibility index (Phi) is 7.16. The lowest BCUT2D eigenvalue weighted by Gasteiger charge is -2.30. The van der Waals surface area contributed by atoms with Crippen LogP contribution in [0.15, 0.2) is 47.3 Å². The van der Waals surface area contributed by atoms with E-state index in [1.54, 1.807) is 27.7 Å². The average molecular weight is 446 g/mol. The number of carbonyl (C=O) groups is 1. The third kappa shape index (κ3) is 4.52. The van der Waals surface area contributed by atoms with Crippen LogP contribution in [0.5, 0.6) is 0 Å². The molecule has 2 aromatic carbocycles. The number of aromatic nitrogens is 2. The molecular formula is C23H25Cl2N3O2. The molecule has 1 aromatic heterocycles. The van der Waals surface area contributed by atoms with Crippen LogP contribution in [0.25, 0.3) is 16.6 Å². The van der Waals surface area contributed by atoms with E-state index in [0.29, 0.717) is 34.0 Å². The van der Waals surface area contributed by atoms with Gasteiger partial charge in [-0.1, -0.05) is 42.6 Å². The van der Waals surface area contributed by atoms with Crippen molar-refractivity contribution in [3.8, 4) is 5.69 Å². The molecule has 1 unspecified atom stereocenters. The number of rotatable bonds is 7. The number of alkyl halides is 1. The fraction of sp³-hybridized carbons (Fsp3) is 0.348. The smallest absolute Gasteiger partial charge is 0.266 e. The molecule has 1 heterocycles. The first-order chi connectivity index (χ1) is 14.4. The predicted octanol–water partition coefficient (Wildman–Crippen LogP) is 5.28. The summed E-state index contributed by atoms with van der Waals surface area (Å²) >= 11 is 12.0. The summed E-state index contributed by atoms with van der Waals surface area (Å²) in [5.41, 5.74) is 2.09. The molecule has 1 atom stereocenters. The Hall–Kier alpha value is -2.37. The molecule has 0 aliphatic rings. The minimum atomic E-state index is -0.444. The van der Waals surface area contributed by atoms with Crippen molar-refractivity contribution in [2.75, 3.05) is 12.4 Å². The summed E-state index contributed by atoms with van der Waals surface area (Å²) in [6.07, 6.45) is 1.77. The van der Waals surface area contributed by atoms with Gasteiger partial charge in [0.1, 0.15) is 11.7 Å². The minimum absolute atomic E-state index is 0.123. The van der Waals surface area contributed by atoms with Gasteiger partial charge in [0.15, 0.2) is 0 Å². The van der Waals surface area contributed by atoms with Gasteiger partial charge >= 0.3 is 0 Å². The largest absolute Gasteiger partial charge is 0.332 e. The molecule has 0 saturated carbocycles. The topological polar surface area (TPSA) is 55.2 Å². The monoisotopic (exact) mass is 445 g/mol. The Bertz CT molecular complexity index is 1110. The van der Waals surface area contributed by atoms with Gasteiger partial charge in [-0.25, -0.2) is 4.98 Å². The van der Waals surface area contributed by atoms with E-state index in [-0.39, 0.29) is 17.3 Å². The van der Waals surface area contributed by atoms with Crippen molar-refractivity contribution in [1.82, 2.24) is 14.5 Å². The molecule has 30 heavy (non-hydrogen) atoms. The van der Waals surface area contributed by atoms with Gasteiger partial charge in [0.2, 0.25) is 5.91 Å². The van der Waals surface area contributed by atoms with Gasteiger partial charge in [0.05, 0.1) is 22.6 Å². The first-order valence-corrected chi connectivity index (χ1v) is 10.9. The summed E-state index contributed by atoms with van der Waals surface area (Å²) in [7, 11) is 0. The number of nitrogens with zero attached hydrogens (tertiary/aromatic N) is 3. The minimum Gasteiger partial charge on any atom is -0.332 e. The molecule has 5 nitrogen and oxygen atoms in total. The van der Waals surface area contributed by atoms with Crippen LogP contribution >= 0.6 is 23.2 Å². The van der Waals surface area contributed by atoms with Gasteiger partial charge < -0.3 is 4.90 Å². The molecule has 0 spiro atoms. The lowest BCUT2D eigenvalue weighted by atomic mass is 10.1. The maximum Gasteiger partial charge on any atom is 0.266 e. The van der Waals surface area contributed by atoms with E-state index >= 15 is 0 Å². The van der Waals surface area contributed by atoms with Crippen molar-refractivity contribution >= 4 is 40.0 Å². The number of hydrogen-bond acceptors (Lipinski definition) is 3. The number of aryl methyl sites for hydroxylation is 1. The van der Waals surface area contributed by atoms with Crippen LogP contribution < -0.4 is 5.56 Å². The van der Waals surface area contributed by atoms with Gasteiger partial charge in [-0.3, -0.25) is 14.2 Å². The zero-order chi connectivity index (χ0) is 21.8. The Morgan fingerprint density at radius 3 is 2.53 bits per heavy atom. The molecule has 0 fully saturated rings. The molecule has 0 radical (unpaired) electrons. The first kappa shape index (κ1) is 22.3. The molecule has 3 rings (SSSR count). The van der Waals surface area contributed by atoms with Crippen LogP contribution in [-0.4, -0.2) is 32.8 Å². The normalized spacial score (nSPS) is 12.2. The second-order valence-electron chi connectivity index (χ2n) is 7.36. The van der Waals surface area contributed by atoms with E-state index in [9.17, 15) is 9.59 Å². The highest BCUT2D eigenvalue weighted by Gasteiger charge is 2.26. The van der Waals surface area contributed by atoms with Gasteiger partial charge in [-0.15, -0.1) is 11.6 Å². The van der Waals surface area contributed by atoms with E-state index in [1.807, 2.05) is 38.1 Å². The lowest BCUT2D eigenvalue weighted by Crippen LogP contribution is -2.38. The molecule has 7 heteroatoms. The van der Waals surface area contributed by atoms with Crippen LogP contribution in [0.1, 0.15) is 44.1 Å². The summed E-state index contributed by atoms with van der Waals surface area (Å²) < 4.78 is 1.58. The summed E-state index contributed by atoms with van der Waals surface area (Å²) in [5.74, 6) is 0.170. The predicted molar refractivity (Wildman–Crippen MR) is 123 cm³/mol. The standard InChI is InChI=1S/C23H25Cl2N3O2/c1-4-5-12-27(21(29)14-24)16(3)22-26-20-13-17(25)8-11-19(20)23(30)28(22)18-9-6-15(2)7-10-18/h6-11,13,16H,4-5,12,14H2,1-3H3. The zero-order valence-corrected chi connectivity index (χ0v) is 18.9. The van der Waals surface area contributed by atoms with Crippen LogP contribution in [0.2, 0.25) is 5.02 Å². The highest BCUT2D eigenvalue weighted by molar-refractivity contribution is 6.31. The molecule has 0 aliphatic carbocycles. The van der Waals surface area contributed by atoms with Gasteiger partial charge in [0, 0.05) is 11.6 Å². The molecule has 0 saturated heterocycles. The molecule has 0 aliphatic heterocycles. The van der Waals surface area contributed by atoms with Crippen molar-refractivity contribution in [3.05, 3.63) is 69.2 Å². The summed E-state index contributed by atoms with van der Waals surface area (Å²) in [5, 5.41) is 0.973. The lowest BCUT2D eigenvalue weighted by molar-refractivity contribution is -0.130. The van der Waals surface area contributed by atoms with Gasteiger partial charge in [-0.2, -0.15) is 0 Å². The first-order valence-electron chi connectivity index (χ1n) is 10.0. The van der Waals surface area contributed by atoms with Crippen molar-refractivity contribution < 1.29 is 4.79 Å². The van der Waals surface area contributed by atoms with E-state index in [2.05, 4.69) is 6.92 Å². The van der Waals surface area contributed by atoms with Crippen LogP contribution in [-0.2, 0) is 4.79 Å². The SMILES string of the molecule is CCCCN(C(=O)CCl)C(C)c1nc2cc(Cl)ccc2c(=O)n1-c1ccc(C)cc1. The molecular weight excluding hydrogens is 421 g/mol. The van der Waals surface area contributed by atoms with E-state index < -0.39 is 6.04 Å². The van der Waals surface area contributed by atoms with Gasteiger partial charge in [0.25, 0.3) is 5.56 Å². The number of benzene rings is 2. The van der Waals surface area contributed by atoms with E-state index in [1.165, 1.54) is 0 Å². The second-order valence-corrected chi connectivity index (χ2v) is 8.06.